The lowest BCUT2D eigenvalue weighted by Gasteiger charge is -2.07. The molecule has 0 bridgehead atoms. The standard InChI is InChI=1S/C15H13ClO2/c16-15-7-6-13(14(8-15)9-17)11-18-10-12-4-2-1-3-5-12/h1-9H,10-11H2. The van der Waals surface area contributed by atoms with Gasteiger partial charge in [0.2, 0.25) is 0 Å². The number of aldehydes is 1. The van der Waals surface area contributed by atoms with Crippen LogP contribution in [0.3, 0.4) is 0 Å². The normalized spacial score (nSPS) is 10.3. The van der Waals surface area contributed by atoms with E-state index in [4.69, 9.17) is 16.3 Å². The molecule has 0 atom stereocenters. The molecule has 0 saturated heterocycles. The van der Waals surface area contributed by atoms with Crippen molar-refractivity contribution >= 4 is 17.9 Å². The van der Waals surface area contributed by atoms with Crippen molar-refractivity contribution < 1.29 is 9.53 Å². The zero-order chi connectivity index (χ0) is 12.8. The van der Waals surface area contributed by atoms with E-state index in [2.05, 4.69) is 0 Å². The molecule has 0 aliphatic rings. The molecule has 2 nitrogen and oxygen atoms in total. The molecule has 0 aliphatic heterocycles. The van der Waals surface area contributed by atoms with Crippen LogP contribution in [-0.4, -0.2) is 6.29 Å². The van der Waals surface area contributed by atoms with Crippen LogP contribution in [0, 0.1) is 0 Å². The van der Waals surface area contributed by atoms with Gasteiger partial charge in [0.05, 0.1) is 13.2 Å². The Bertz CT molecular complexity index is 523. The summed E-state index contributed by atoms with van der Waals surface area (Å²) in [5.41, 5.74) is 2.54. The molecule has 2 rings (SSSR count). The highest BCUT2D eigenvalue weighted by atomic mass is 35.5. The second-order valence-corrected chi connectivity index (χ2v) is 4.38. The zero-order valence-corrected chi connectivity index (χ0v) is 10.6. The van der Waals surface area contributed by atoms with Crippen molar-refractivity contribution in [3.05, 3.63) is 70.2 Å². The second kappa shape index (κ2) is 6.34. The SMILES string of the molecule is O=Cc1cc(Cl)ccc1COCc1ccccc1. The van der Waals surface area contributed by atoms with Crippen molar-refractivity contribution in [2.45, 2.75) is 13.2 Å². The number of hydrogen-bond acceptors (Lipinski definition) is 2. The Kier molecular flexibility index (Phi) is 4.51. The van der Waals surface area contributed by atoms with Crippen molar-refractivity contribution in [3.63, 3.8) is 0 Å². The van der Waals surface area contributed by atoms with Crippen molar-refractivity contribution in [1.29, 1.82) is 0 Å². The summed E-state index contributed by atoms with van der Waals surface area (Å²) >= 11 is 5.83. The van der Waals surface area contributed by atoms with E-state index in [0.29, 0.717) is 23.8 Å². The van der Waals surface area contributed by atoms with Gasteiger partial charge < -0.3 is 4.74 Å². The van der Waals surface area contributed by atoms with Crippen LogP contribution in [0.1, 0.15) is 21.5 Å². The highest BCUT2D eigenvalue weighted by Gasteiger charge is 2.03. The molecule has 0 saturated carbocycles. The molecule has 2 aromatic rings. The molecule has 18 heavy (non-hydrogen) atoms. The molecular weight excluding hydrogens is 248 g/mol. The quantitative estimate of drug-likeness (QED) is 0.763. The first-order chi connectivity index (χ1) is 8.79. The zero-order valence-electron chi connectivity index (χ0n) is 9.80. The number of ether oxygens (including phenoxy) is 1. The topological polar surface area (TPSA) is 26.3 Å². The average Bonchev–Trinajstić information content (AvgIpc) is 2.41. The Morgan fingerprint density at radius 3 is 2.56 bits per heavy atom. The fourth-order valence-electron chi connectivity index (χ4n) is 1.66. The largest absolute Gasteiger partial charge is 0.372 e. The van der Waals surface area contributed by atoms with Gasteiger partial charge in [-0.3, -0.25) is 4.79 Å². The first-order valence-corrected chi connectivity index (χ1v) is 6.02. The molecule has 0 aromatic heterocycles. The lowest BCUT2D eigenvalue weighted by Crippen LogP contribution is -1.98. The maximum atomic E-state index is 10.9. The Morgan fingerprint density at radius 2 is 1.83 bits per heavy atom. The van der Waals surface area contributed by atoms with Crippen LogP contribution in [0.5, 0.6) is 0 Å². The van der Waals surface area contributed by atoms with E-state index < -0.39 is 0 Å². The average molecular weight is 261 g/mol. The number of benzene rings is 2. The minimum atomic E-state index is 0.403. The van der Waals surface area contributed by atoms with Gasteiger partial charge >= 0.3 is 0 Å². The lowest BCUT2D eigenvalue weighted by molar-refractivity contribution is 0.103. The van der Waals surface area contributed by atoms with Crippen LogP contribution in [0.15, 0.2) is 48.5 Å². The highest BCUT2D eigenvalue weighted by molar-refractivity contribution is 6.30. The van der Waals surface area contributed by atoms with Crippen LogP contribution < -0.4 is 0 Å². The number of rotatable bonds is 5. The number of hydrogen-bond donors (Lipinski definition) is 0. The molecule has 0 spiro atoms. The van der Waals surface area contributed by atoms with Crippen molar-refractivity contribution in [2.24, 2.45) is 0 Å². The molecule has 0 aliphatic carbocycles. The van der Waals surface area contributed by atoms with E-state index >= 15 is 0 Å². The van der Waals surface area contributed by atoms with E-state index in [1.165, 1.54) is 0 Å². The summed E-state index contributed by atoms with van der Waals surface area (Å²) in [5, 5.41) is 0.559. The van der Waals surface area contributed by atoms with Gasteiger partial charge in [0.25, 0.3) is 0 Å². The van der Waals surface area contributed by atoms with Gasteiger partial charge in [-0.05, 0) is 23.3 Å². The molecule has 92 valence electrons. The Labute approximate surface area is 111 Å². The minimum absolute atomic E-state index is 0.403. The number of halogens is 1. The van der Waals surface area contributed by atoms with E-state index in [9.17, 15) is 4.79 Å². The fourth-order valence-corrected chi connectivity index (χ4v) is 1.84. The molecule has 0 heterocycles. The minimum Gasteiger partial charge on any atom is -0.372 e. The summed E-state index contributed by atoms with van der Waals surface area (Å²) in [4.78, 5) is 10.9. The van der Waals surface area contributed by atoms with Gasteiger partial charge in [0.15, 0.2) is 0 Å². The molecule has 0 fully saturated rings. The van der Waals surface area contributed by atoms with Gasteiger partial charge in [-0.1, -0.05) is 48.0 Å². The third kappa shape index (κ3) is 3.42. The smallest absolute Gasteiger partial charge is 0.150 e. The van der Waals surface area contributed by atoms with Gasteiger partial charge in [-0.2, -0.15) is 0 Å². The van der Waals surface area contributed by atoms with Crippen molar-refractivity contribution in [1.82, 2.24) is 0 Å². The van der Waals surface area contributed by atoms with Gasteiger partial charge in [0, 0.05) is 10.6 Å². The van der Waals surface area contributed by atoms with Crippen molar-refractivity contribution in [3.8, 4) is 0 Å². The van der Waals surface area contributed by atoms with Crippen LogP contribution in [-0.2, 0) is 18.0 Å². The molecule has 0 amide bonds. The summed E-state index contributed by atoms with van der Waals surface area (Å²) in [7, 11) is 0. The maximum Gasteiger partial charge on any atom is 0.150 e. The monoisotopic (exact) mass is 260 g/mol. The second-order valence-electron chi connectivity index (χ2n) is 3.94. The van der Waals surface area contributed by atoms with E-state index in [1.807, 2.05) is 36.4 Å². The first kappa shape index (κ1) is 12.8. The summed E-state index contributed by atoms with van der Waals surface area (Å²) in [6.07, 6.45) is 0.799. The summed E-state index contributed by atoms with van der Waals surface area (Å²) < 4.78 is 5.59. The Hall–Kier alpha value is -1.64. The maximum absolute atomic E-state index is 10.9. The molecule has 0 radical (unpaired) electrons. The Morgan fingerprint density at radius 1 is 1.06 bits per heavy atom. The lowest BCUT2D eigenvalue weighted by atomic mass is 10.1. The predicted molar refractivity (Wildman–Crippen MR) is 71.8 cm³/mol. The third-order valence-corrected chi connectivity index (χ3v) is 2.84. The fraction of sp³-hybridized carbons (Fsp3) is 0.133. The number of carbonyl (C=O) groups excluding carboxylic acids is 1. The first-order valence-electron chi connectivity index (χ1n) is 5.65. The van der Waals surface area contributed by atoms with Crippen molar-refractivity contribution in [2.75, 3.05) is 0 Å². The van der Waals surface area contributed by atoms with Crippen LogP contribution in [0.4, 0.5) is 0 Å². The molecule has 3 heteroatoms. The molecule has 0 N–H and O–H groups in total. The van der Waals surface area contributed by atoms with E-state index in [-0.39, 0.29) is 0 Å². The summed E-state index contributed by atoms with van der Waals surface area (Å²) in [6.45, 7) is 0.932. The van der Waals surface area contributed by atoms with Crippen LogP contribution in [0.2, 0.25) is 5.02 Å². The number of carbonyl (C=O) groups is 1. The summed E-state index contributed by atoms with van der Waals surface area (Å²) in [5.74, 6) is 0. The van der Waals surface area contributed by atoms with E-state index in [1.54, 1.807) is 12.1 Å². The van der Waals surface area contributed by atoms with Gasteiger partial charge in [0.1, 0.15) is 6.29 Å². The predicted octanol–water partition coefficient (Wildman–Crippen LogP) is 3.87. The Balaban J connectivity index is 1.96. The van der Waals surface area contributed by atoms with Crippen LogP contribution in [0.25, 0.3) is 0 Å². The van der Waals surface area contributed by atoms with Gasteiger partial charge in [-0.25, -0.2) is 0 Å². The molecule has 2 aromatic carbocycles. The van der Waals surface area contributed by atoms with E-state index in [0.717, 1.165) is 17.4 Å². The molecular formula is C15H13ClO2. The van der Waals surface area contributed by atoms with Crippen LogP contribution >= 0.6 is 11.6 Å². The third-order valence-electron chi connectivity index (χ3n) is 2.60. The summed E-state index contributed by atoms with van der Waals surface area (Å²) in [6, 6.07) is 15.1. The highest BCUT2D eigenvalue weighted by Crippen LogP contribution is 2.16. The molecule has 0 unspecified atom stereocenters. The van der Waals surface area contributed by atoms with Gasteiger partial charge in [-0.15, -0.1) is 0 Å².